The zero-order chi connectivity index (χ0) is 24.7. The standard InChI is InChI=1S/C31H33N3O/c1-18-8-5-6-9-24(18)22-12-13-29(20(3)15-22)34-31(35)26-11-7-10-25(26)27-17-28-23(14-19(27)2)16-21(4)33-30(28)32/h5-6,8-9,12-17,25-26H,7,10-11H2,1-4H3,(H2,32,33)(H,34,35). The minimum Gasteiger partial charge on any atom is -0.383 e. The number of pyridine rings is 1. The van der Waals surface area contributed by atoms with Gasteiger partial charge in [0.25, 0.3) is 0 Å². The minimum absolute atomic E-state index is 0.0544. The second-order valence-corrected chi connectivity index (χ2v) is 10.1. The Bertz CT molecular complexity index is 1440. The first kappa shape index (κ1) is 23.1. The number of carbonyl (C=O) groups excluding carboxylic acids is 1. The van der Waals surface area contributed by atoms with Crippen molar-refractivity contribution in [1.82, 2.24) is 4.98 Å². The van der Waals surface area contributed by atoms with Crippen LogP contribution in [-0.2, 0) is 4.79 Å². The number of aryl methyl sites for hydroxylation is 4. The number of hydrogen-bond acceptors (Lipinski definition) is 3. The van der Waals surface area contributed by atoms with Crippen molar-refractivity contribution < 1.29 is 4.79 Å². The monoisotopic (exact) mass is 463 g/mol. The maximum atomic E-state index is 13.5. The van der Waals surface area contributed by atoms with Crippen LogP contribution in [0.15, 0.2) is 60.7 Å². The van der Waals surface area contributed by atoms with Crippen molar-refractivity contribution >= 4 is 28.2 Å². The average molecular weight is 464 g/mol. The number of hydrogen-bond donors (Lipinski definition) is 2. The van der Waals surface area contributed by atoms with Gasteiger partial charge in [0.2, 0.25) is 5.91 Å². The molecule has 2 atom stereocenters. The number of nitrogens with zero attached hydrogens (tertiary/aromatic N) is 1. The van der Waals surface area contributed by atoms with Crippen LogP contribution in [0.4, 0.5) is 11.5 Å². The van der Waals surface area contributed by atoms with Gasteiger partial charge in [-0.25, -0.2) is 4.98 Å². The number of fused-ring (bicyclic) bond motifs is 1. The van der Waals surface area contributed by atoms with Crippen LogP contribution >= 0.6 is 0 Å². The van der Waals surface area contributed by atoms with Crippen LogP contribution < -0.4 is 11.1 Å². The van der Waals surface area contributed by atoms with Gasteiger partial charge >= 0.3 is 0 Å². The summed E-state index contributed by atoms with van der Waals surface area (Å²) in [5.41, 5.74) is 15.2. The van der Waals surface area contributed by atoms with Crippen molar-refractivity contribution in [2.45, 2.75) is 52.9 Å². The van der Waals surface area contributed by atoms with Gasteiger partial charge in [-0.05, 0) is 109 Å². The number of nitrogens with one attached hydrogen (secondary N) is 1. The maximum Gasteiger partial charge on any atom is 0.228 e. The lowest BCUT2D eigenvalue weighted by molar-refractivity contribution is -0.120. The predicted octanol–water partition coefficient (Wildman–Crippen LogP) is 7.24. The molecule has 5 rings (SSSR count). The number of carbonyl (C=O) groups is 1. The van der Waals surface area contributed by atoms with Gasteiger partial charge in [-0.3, -0.25) is 4.79 Å². The summed E-state index contributed by atoms with van der Waals surface area (Å²) in [6.45, 7) is 8.29. The number of benzene rings is 3. The lowest BCUT2D eigenvalue weighted by atomic mass is 9.84. The highest BCUT2D eigenvalue weighted by Gasteiger charge is 2.35. The fraction of sp³-hybridized carbons (Fsp3) is 0.290. The molecule has 1 saturated carbocycles. The number of nitrogens with two attached hydrogens (primary N) is 1. The molecule has 0 spiro atoms. The van der Waals surface area contributed by atoms with Crippen LogP contribution in [0.2, 0.25) is 0 Å². The highest BCUT2D eigenvalue weighted by Crippen LogP contribution is 2.43. The summed E-state index contributed by atoms with van der Waals surface area (Å²) < 4.78 is 0. The van der Waals surface area contributed by atoms with Crippen molar-refractivity contribution in [3.8, 4) is 11.1 Å². The lowest BCUT2D eigenvalue weighted by Gasteiger charge is -2.23. The fourth-order valence-electron chi connectivity index (χ4n) is 5.74. The number of amides is 1. The molecule has 178 valence electrons. The second kappa shape index (κ2) is 9.18. The van der Waals surface area contributed by atoms with Crippen LogP contribution in [0.3, 0.4) is 0 Å². The van der Waals surface area contributed by atoms with Gasteiger partial charge in [-0.15, -0.1) is 0 Å². The minimum atomic E-state index is -0.0544. The molecule has 0 aliphatic heterocycles. The third-order valence-electron chi connectivity index (χ3n) is 7.57. The van der Waals surface area contributed by atoms with Crippen molar-refractivity contribution in [3.63, 3.8) is 0 Å². The first-order valence-electron chi connectivity index (χ1n) is 12.5. The molecular formula is C31H33N3O. The van der Waals surface area contributed by atoms with E-state index < -0.39 is 0 Å². The molecule has 1 amide bonds. The Morgan fingerprint density at radius 2 is 1.71 bits per heavy atom. The molecule has 35 heavy (non-hydrogen) atoms. The number of anilines is 2. The molecule has 1 aliphatic carbocycles. The lowest BCUT2D eigenvalue weighted by Crippen LogP contribution is -2.25. The van der Waals surface area contributed by atoms with Crippen LogP contribution in [0.25, 0.3) is 21.9 Å². The molecule has 1 heterocycles. The molecule has 1 aromatic heterocycles. The molecular weight excluding hydrogens is 430 g/mol. The molecule has 4 nitrogen and oxygen atoms in total. The summed E-state index contributed by atoms with van der Waals surface area (Å²) in [4.78, 5) is 17.9. The molecule has 0 saturated heterocycles. The van der Waals surface area contributed by atoms with E-state index in [9.17, 15) is 4.79 Å². The Kier molecular flexibility index (Phi) is 6.06. The third kappa shape index (κ3) is 4.41. The second-order valence-electron chi connectivity index (χ2n) is 10.1. The summed E-state index contributed by atoms with van der Waals surface area (Å²) in [6, 6.07) is 21.1. The summed E-state index contributed by atoms with van der Waals surface area (Å²) >= 11 is 0. The maximum absolute atomic E-state index is 13.5. The van der Waals surface area contributed by atoms with Crippen molar-refractivity contribution in [2.24, 2.45) is 5.92 Å². The molecule has 1 aliphatic rings. The van der Waals surface area contributed by atoms with Crippen LogP contribution in [-0.4, -0.2) is 10.9 Å². The normalized spacial score (nSPS) is 17.6. The fourth-order valence-corrected chi connectivity index (χ4v) is 5.74. The Morgan fingerprint density at radius 1 is 0.914 bits per heavy atom. The Hall–Kier alpha value is -3.66. The molecule has 2 unspecified atom stereocenters. The van der Waals surface area contributed by atoms with Crippen LogP contribution in [0, 0.1) is 33.6 Å². The van der Waals surface area contributed by atoms with E-state index in [1.165, 1.54) is 27.8 Å². The smallest absolute Gasteiger partial charge is 0.228 e. The van der Waals surface area contributed by atoms with Crippen molar-refractivity contribution in [1.29, 1.82) is 0 Å². The molecule has 1 fully saturated rings. The van der Waals surface area contributed by atoms with Crippen molar-refractivity contribution in [3.05, 3.63) is 88.6 Å². The van der Waals surface area contributed by atoms with Gasteiger partial charge in [0.05, 0.1) is 0 Å². The number of rotatable bonds is 4. The van der Waals surface area contributed by atoms with Gasteiger partial charge in [0.15, 0.2) is 0 Å². The molecule has 3 aromatic carbocycles. The van der Waals surface area contributed by atoms with E-state index in [-0.39, 0.29) is 17.7 Å². The van der Waals surface area contributed by atoms with Gasteiger partial charge < -0.3 is 11.1 Å². The van der Waals surface area contributed by atoms with Crippen LogP contribution in [0.5, 0.6) is 0 Å². The Morgan fingerprint density at radius 3 is 2.49 bits per heavy atom. The molecule has 4 aromatic rings. The Labute approximate surface area is 207 Å². The largest absolute Gasteiger partial charge is 0.383 e. The summed E-state index contributed by atoms with van der Waals surface area (Å²) in [5.74, 6) is 0.797. The van der Waals surface area contributed by atoms with E-state index >= 15 is 0 Å². The number of aromatic nitrogens is 1. The summed E-state index contributed by atoms with van der Waals surface area (Å²) in [7, 11) is 0. The first-order valence-corrected chi connectivity index (χ1v) is 12.5. The van der Waals surface area contributed by atoms with E-state index in [0.717, 1.165) is 47.0 Å². The van der Waals surface area contributed by atoms with Gasteiger partial charge in [0.1, 0.15) is 5.82 Å². The Balaban J connectivity index is 1.40. The predicted molar refractivity (Wildman–Crippen MR) is 146 cm³/mol. The van der Waals surface area contributed by atoms with Gasteiger partial charge in [0, 0.05) is 22.7 Å². The third-order valence-corrected chi connectivity index (χ3v) is 7.57. The molecule has 3 N–H and O–H groups in total. The van der Waals surface area contributed by atoms with E-state index in [1.807, 2.05) is 13.0 Å². The zero-order valence-corrected chi connectivity index (χ0v) is 21.0. The van der Waals surface area contributed by atoms with Crippen LogP contribution in [0.1, 0.15) is 53.1 Å². The first-order chi connectivity index (χ1) is 16.8. The summed E-state index contributed by atoms with van der Waals surface area (Å²) in [6.07, 6.45) is 2.96. The molecule has 0 bridgehead atoms. The molecule has 4 heteroatoms. The molecule has 0 radical (unpaired) electrons. The van der Waals surface area contributed by atoms with E-state index in [2.05, 4.69) is 85.7 Å². The van der Waals surface area contributed by atoms with Gasteiger partial charge in [-0.1, -0.05) is 42.8 Å². The van der Waals surface area contributed by atoms with E-state index in [0.29, 0.717) is 5.82 Å². The van der Waals surface area contributed by atoms with Gasteiger partial charge in [-0.2, -0.15) is 0 Å². The zero-order valence-electron chi connectivity index (χ0n) is 21.0. The SMILES string of the molecule is Cc1cc2cc(C)c(C3CCCC3C(=O)Nc3ccc(-c4ccccc4C)cc3C)cc2c(N)n1. The quantitative estimate of drug-likeness (QED) is 0.335. The topological polar surface area (TPSA) is 68.0 Å². The highest BCUT2D eigenvalue weighted by atomic mass is 16.1. The van der Waals surface area contributed by atoms with E-state index in [1.54, 1.807) is 0 Å². The number of nitrogen functional groups attached to an aromatic ring is 1. The van der Waals surface area contributed by atoms with Crippen molar-refractivity contribution in [2.75, 3.05) is 11.1 Å². The average Bonchev–Trinajstić information content (AvgIpc) is 3.30. The highest BCUT2D eigenvalue weighted by molar-refractivity contribution is 5.95. The summed E-state index contributed by atoms with van der Waals surface area (Å²) in [5, 5.41) is 5.33. The van der Waals surface area contributed by atoms with E-state index in [4.69, 9.17) is 5.73 Å².